The van der Waals surface area contributed by atoms with Gasteiger partial charge in [0.15, 0.2) is 5.96 Å². The fourth-order valence-electron chi connectivity index (χ4n) is 1.79. The molecule has 0 aromatic carbocycles. The summed E-state index contributed by atoms with van der Waals surface area (Å²) in [4.78, 5) is 49.5. The molecular formula is C13H24N6O6S. The van der Waals surface area contributed by atoms with E-state index in [1.165, 1.54) is 0 Å². The first-order valence-corrected chi connectivity index (χ1v) is 8.18. The molecule has 0 aliphatic rings. The number of hydrogen-bond acceptors (Lipinski definition) is 7. The van der Waals surface area contributed by atoms with Gasteiger partial charge in [0, 0.05) is 12.3 Å². The second kappa shape index (κ2) is 11.9. The van der Waals surface area contributed by atoms with Gasteiger partial charge in [-0.3, -0.25) is 19.4 Å². The van der Waals surface area contributed by atoms with Crippen LogP contribution in [0.1, 0.15) is 19.3 Å². The number of guanidine groups is 1. The second-order valence-corrected chi connectivity index (χ2v) is 5.66. The number of hydrogen-bond donors (Lipinski definition) is 8. The highest BCUT2D eigenvalue weighted by Gasteiger charge is 2.27. The van der Waals surface area contributed by atoms with E-state index in [-0.39, 0.29) is 24.7 Å². The van der Waals surface area contributed by atoms with Gasteiger partial charge in [-0.1, -0.05) is 0 Å². The Bertz CT molecular complexity index is 553. The molecule has 0 spiro atoms. The first-order valence-electron chi connectivity index (χ1n) is 7.55. The molecule has 3 unspecified atom stereocenters. The van der Waals surface area contributed by atoms with Gasteiger partial charge in [-0.2, -0.15) is 12.6 Å². The van der Waals surface area contributed by atoms with Crippen LogP contribution in [-0.4, -0.2) is 70.3 Å². The van der Waals surface area contributed by atoms with Crippen LogP contribution in [0.25, 0.3) is 0 Å². The molecule has 148 valence electrons. The number of nitrogens with zero attached hydrogens (tertiary/aromatic N) is 1. The number of carboxylic acid groups (broad SMARTS) is 2. The molecular weight excluding hydrogens is 368 g/mol. The first-order chi connectivity index (χ1) is 12.1. The van der Waals surface area contributed by atoms with Crippen LogP contribution in [0.15, 0.2) is 4.99 Å². The van der Waals surface area contributed by atoms with Gasteiger partial charge in [0.1, 0.15) is 12.1 Å². The zero-order valence-electron chi connectivity index (χ0n) is 13.9. The number of rotatable bonds is 12. The number of thiol groups is 1. The summed E-state index contributed by atoms with van der Waals surface area (Å²) < 4.78 is 0. The van der Waals surface area contributed by atoms with Crippen molar-refractivity contribution < 1.29 is 29.4 Å². The van der Waals surface area contributed by atoms with Crippen LogP contribution in [0, 0.1) is 0 Å². The highest BCUT2D eigenvalue weighted by molar-refractivity contribution is 7.80. The number of carboxylic acids is 2. The van der Waals surface area contributed by atoms with Crippen molar-refractivity contribution in [1.82, 2.24) is 10.6 Å². The summed E-state index contributed by atoms with van der Waals surface area (Å²) in [5.41, 5.74) is 15.8. The SMILES string of the molecule is NC(N)=NCCCC(NC(=O)C(N)CC(=O)O)C(=O)NC(CS)C(=O)O. The molecule has 2 amide bonds. The standard InChI is InChI=1S/C13H24N6O6S/c14-6(4-9(20)21)10(22)18-7(2-1-3-17-13(15)16)11(23)19-8(5-26)12(24)25/h6-8,26H,1-5,14H2,(H,18,22)(H,19,23)(H,20,21)(H,24,25)(H4,15,16,17). The van der Waals surface area contributed by atoms with Crippen LogP contribution in [-0.2, 0) is 19.2 Å². The summed E-state index contributed by atoms with van der Waals surface area (Å²) in [5, 5.41) is 22.2. The monoisotopic (exact) mass is 392 g/mol. The normalized spacial score (nSPS) is 13.8. The summed E-state index contributed by atoms with van der Waals surface area (Å²) in [7, 11) is 0. The first kappa shape index (κ1) is 23.5. The predicted octanol–water partition coefficient (Wildman–Crippen LogP) is -3.17. The fraction of sp³-hybridized carbons (Fsp3) is 0.615. The van der Waals surface area contributed by atoms with Crippen LogP contribution in [0.3, 0.4) is 0 Å². The van der Waals surface area contributed by atoms with E-state index in [1.807, 2.05) is 0 Å². The molecule has 0 aliphatic heterocycles. The average Bonchev–Trinajstić information content (AvgIpc) is 2.53. The Balaban J connectivity index is 4.99. The lowest BCUT2D eigenvalue weighted by atomic mass is 10.1. The average molecular weight is 392 g/mol. The zero-order valence-corrected chi connectivity index (χ0v) is 14.8. The lowest BCUT2D eigenvalue weighted by Gasteiger charge is -2.22. The summed E-state index contributed by atoms with van der Waals surface area (Å²) in [6.45, 7) is 0.179. The maximum absolute atomic E-state index is 12.3. The van der Waals surface area contributed by atoms with Crippen LogP contribution in [0.5, 0.6) is 0 Å². The Morgan fingerprint density at radius 3 is 2.08 bits per heavy atom. The van der Waals surface area contributed by atoms with Crippen LogP contribution in [0.2, 0.25) is 0 Å². The molecule has 0 aliphatic carbocycles. The Morgan fingerprint density at radius 2 is 1.62 bits per heavy atom. The fourth-order valence-corrected chi connectivity index (χ4v) is 2.04. The zero-order chi connectivity index (χ0) is 20.3. The minimum Gasteiger partial charge on any atom is -0.481 e. The van der Waals surface area contributed by atoms with Crippen molar-refractivity contribution in [2.75, 3.05) is 12.3 Å². The Morgan fingerprint density at radius 1 is 1.04 bits per heavy atom. The number of amides is 2. The van der Waals surface area contributed by atoms with E-state index in [9.17, 15) is 19.2 Å². The summed E-state index contributed by atoms with van der Waals surface area (Å²) >= 11 is 3.83. The molecule has 0 aromatic rings. The lowest BCUT2D eigenvalue weighted by molar-refractivity contribution is -0.142. The minimum absolute atomic E-state index is 0.0764. The summed E-state index contributed by atoms with van der Waals surface area (Å²) in [6.07, 6.45) is -0.251. The van der Waals surface area contributed by atoms with Crippen molar-refractivity contribution in [2.24, 2.45) is 22.2 Å². The summed E-state index contributed by atoms with van der Waals surface area (Å²) in [6, 6.07) is -3.76. The van der Waals surface area contributed by atoms with Crippen molar-refractivity contribution >= 4 is 42.3 Å². The van der Waals surface area contributed by atoms with Crippen molar-refractivity contribution in [3.63, 3.8) is 0 Å². The van der Waals surface area contributed by atoms with Gasteiger partial charge in [-0.15, -0.1) is 0 Å². The van der Waals surface area contributed by atoms with Gasteiger partial charge in [0.2, 0.25) is 11.8 Å². The molecule has 0 heterocycles. The van der Waals surface area contributed by atoms with Gasteiger partial charge < -0.3 is 38.0 Å². The van der Waals surface area contributed by atoms with E-state index in [2.05, 4.69) is 28.3 Å². The third-order valence-corrected chi connectivity index (χ3v) is 3.47. The van der Waals surface area contributed by atoms with Crippen molar-refractivity contribution in [2.45, 2.75) is 37.4 Å². The molecule has 13 heteroatoms. The van der Waals surface area contributed by atoms with E-state index in [0.717, 1.165) is 0 Å². The van der Waals surface area contributed by atoms with Crippen molar-refractivity contribution in [3.05, 3.63) is 0 Å². The molecule has 12 nitrogen and oxygen atoms in total. The highest BCUT2D eigenvalue weighted by Crippen LogP contribution is 2.02. The van der Waals surface area contributed by atoms with Crippen LogP contribution in [0.4, 0.5) is 0 Å². The topological polar surface area (TPSA) is 223 Å². The van der Waals surface area contributed by atoms with Crippen molar-refractivity contribution in [3.8, 4) is 0 Å². The predicted molar refractivity (Wildman–Crippen MR) is 95.5 cm³/mol. The molecule has 0 saturated heterocycles. The van der Waals surface area contributed by atoms with E-state index in [0.29, 0.717) is 6.42 Å². The summed E-state index contributed by atoms with van der Waals surface area (Å²) in [5.74, 6) is -4.49. The van der Waals surface area contributed by atoms with Gasteiger partial charge in [-0.25, -0.2) is 4.79 Å². The molecule has 0 radical (unpaired) electrons. The number of carbonyl (C=O) groups excluding carboxylic acids is 2. The van der Waals surface area contributed by atoms with Gasteiger partial charge in [0.05, 0.1) is 12.5 Å². The lowest BCUT2D eigenvalue weighted by Crippen LogP contribution is -2.55. The molecule has 0 bridgehead atoms. The molecule has 10 N–H and O–H groups in total. The Hall–Kier alpha value is -2.54. The number of aliphatic imine (C=N–C) groups is 1. The smallest absolute Gasteiger partial charge is 0.327 e. The van der Waals surface area contributed by atoms with Crippen LogP contribution >= 0.6 is 12.6 Å². The molecule has 3 atom stereocenters. The Labute approximate surface area is 155 Å². The van der Waals surface area contributed by atoms with E-state index >= 15 is 0 Å². The van der Waals surface area contributed by atoms with Gasteiger partial charge >= 0.3 is 11.9 Å². The van der Waals surface area contributed by atoms with Crippen molar-refractivity contribution in [1.29, 1.82) is 0 Å². The molecule has 26 heavy (non-hydrogen) atoms. The number of nitrogens with one attached hydrogen (secondary N) is 2. The number of aliphatic carboxylic acids is 2. The van der Waals surface area contributed by atoms with E-state index in [1.54, 1.807) is 0 Å². The molecule has 0 rings (SSSR count). The third-order valence-electron chi connectivity index (χ3n) is 3.11. The third kappa shape index (κ3) is 9.68. The molecule has 0 fully saturated rings. The van der Waals surface area contributed by atoms with E-state index < -0.39 is 48.3 Å². The maximum Gasteiger partial charge on any atom is 0.327 e. The maximum atomic E-state index is 12.3. The quantitative estimate of drug-likeness (QED) is 0.0724. The highest BCUT2D eigenvalue weighted by atomic mass is 32.1. The Kier molecular flexibility index (Phi) is 10.8. The van der Waals surface area contributed by atoms with Crippen LogP contribution < -0.4 is 27.8 Å². The largest absolute Gasteiger partial charge is 0.481 e. The van der Waals surface area contributed by atoms with E-state index in [4.69, 9.17) is 27.4 Å². The number of carbonyl (C=O) groups is 4. The van der Waals surface area contributed by atoms with Gasteiger partial charge in [0.25, 0.3) is 0 Å². The van der Waals surface area contributed by atoms with Gasteiger partial charge in [-0.05, 0) is 12.8 Å². The molecule has 0 aromatic heterocycles. The number of nitrogens with two attached hydrogens (primary N) is 3. The second-order valence-electron chi connectivity index (χ2n) is 5.30. The minimum atomic E-state index is -1.36. The molecule has 0 saturated carbocycles.